The van der Waals surface area contributed by atoms with Crippen LogP contribution in [0.4, 0.5) is 0 Å². The molecular weight excluding hydrogens is 278 g/mol. The van der Waals surface area contributed by atoms with Crippen LogP contribution in [-0.4, -0.2) is 36.5 Å². The molecule has 17 heavy (non-hydrogen) atoms. The van der Waals surface area contributed by atoms with Crippen LogP contribution in [0.1, 0.15) is 19.8 Å². The monoisotopic (exact) mass is 299 g/mol. The van der Waals surface area contributed by atoms with Crippen LogP contribution in [0.15, 0.2) is 30.3 Å². The fourth-order valence-corrected chi connectivity index (χ4v) is 1.96. The number of para-hydroxylation sites is 1. The summed E-state index contributed by atoms with van der Waals surface area (Å²) in [5.74, 6) is 0.969. The summed E-state index contributed by atoms with van der Waals surface area (Å²) >= 11 is 3.47. The van der Waals surface area contributed by atoms with E-state index in [4.69, 9.17) is 4.74 Å². The normalized spacial score (nSPS) is 10.8. The number of nitrogens with zero attached hydrogens (tertiary/aromatic N) is 1. The second-order valence-electron chi connectivity index (χ2n) is 3.99. The Labute approximate surface area is 113 Å². The molecule has 96 valence electrons. The van der Waals surface area contributed by atoms with Gasteiger partial charge in [0, 0.05) is 11.9 Å². The number of hydrogen-bond donors (Lipinski definition) is 0. The van der Waals surface area contributed by atoms with Crippen molar-refractivity contribution in [2.24, 2.45) is 0 Å². The van der Waals surface area contributed by atoms with E-state index in [1.54, 1.807) is 0 Å². The molecule has 0 saturated carbocycles. The Kier molecular flexibility index (Phi) is 8.10. The average Bonchev–Trinajstić information content (AvgIpc) is 2.39. The minimum absolute atomic E-state index is 0.800. The van der Waals surface area contributed by atoms with Gasteiger partial charge < -0.3 is 9.64 Å². The molecule has 0 atom stereocenters. The second-order valence-corrected chi connectivity index (χ2v) is 4.78. The summed E-state index contributed by atoms with van der Waals surface area (Å²) in [5.41, 5.74) is 0. The van der Waals surface area contributed by atoms with Gasteiger partial charge >= 0.3 is 0 Å². The van der Waals surface area contributed by atoms with Gasteiger partial charge in [-0.2, -0.15) is 0 Å². The van der Waals surface area contributed by atoms with Gasteiger partial charge in [0.25, 0.3) is 0 Å². The fraction of sp³-hybridized carbons (Fsp3) is 0.571. The van der Waals surface area contributed by atoms with Gasteiger partial charge in [-0.05, 0) is 38.1 Å². The summed E-state index contributed by atoms with van der Waals surface area (Å²) in [5, 5.41) is 1.09. The van der Waals surface area contributed by atoms with E-state index in [9.17, 15) is 0 Å². The molecule has 0 spiro atoms. The molecule has 0 radical (unpaired) electrons. The zero-order valence-electron chi connectivity index (χ0n) is 10.6. The second kappa shape index (κ2) is 9.49. The maximum absolute atomic E-state index is 5.67. The van der Waals surface area contributed by atoms with E-state index in [0.29, 0.717) is 0 Å². The van der Waals surface area contributed by atoms with Crippen LogP contribution in [0.25, 0.3) is 0 Å². The minimum atomic E-state index is 0.800. The quantitative estimate of drug-likeness (QED) is 0.511. The molecule has 0 aliphatic heterocycles. The zero-order chi connectivity index (χ0) is 12.3. The molecule has 0 amide bonds. The maximum Gasteiger partial charge on any atom is 0.119 e. The van der Waals surface area contributed by atoms with Crippen molar-refractivity contribution in [3.8, 4) is 5.75 Å². The summed E-state index contributed by atoms with van der Waals surface area (Å²) in [7, 11) is 0. The number of alkyl halides is 1. The molecule has 0 aliphatic carbocycles. The topological polar surface area (TPSA) is 12.5 Å². The third-order valence-corrected chi connectivity index (χ3v) is 3.25. The molecule has 0 N–H and O–H groups in total. The summed E-state index contributed by atoms with van der Waals surface area (Å²) in [6.45, 7) is 6.43. The van der Waals surface area contributed by atoms with E-state index in [-0.39, 0.29) is 0 Å². The first kappa shape index (κ1) is 14.5. The van der Waals surface area contributed by atoms with Gasteiger partial charge in [0.05, 0.1) is 6.61 Å². The van der Waals surface area contributed by atoms with Crippen LogP contribution in [0.2, 0.25) is 0 Å². The minimum Gasteiger partial charge on any atom is -0.494 e. The molecule has 3 heteroatoms. The van der Waals surface area contributed by atoms with Gasteiger partial charge in [0.1, 0.15) is 5.75 Å². The van der Waals surface area contributed by atoms with E-state index in [2.05, 4.69) is 27.8 Å². The number of halogens is 1. The lowest BCUT2D eigenvalue weighted by molar-refractivity contribution is 0.242. The van der Waals surface area contributed by atoms with Crippen molar-refractivity contribution in [1.29, 1.82) is 0 Å². The Morgan fingerprint density at radius 2 is 1.82 bits per heavy atom. The summed E-state index contributed by atoms with van der Waals surface area (Å²) in [6.07, 6.45) is 2.30. The molecule has 1 rings (SSSR count). The maximum atomic E-state index is 5.67. The lowest BCUT2D eigenvalue weighted by Crippen LogP contribution is -2.27. The van der Waals surface area contributed by atoms with Crippen molar-refractivity contribution in [3.05, 3.63) is 30.3 Å². The van der Waals surface area contributed by atoms with E-state index in [1.807, 2.05) is 30.3 Å². The largest absolute Gasteiger partial charge is 0.494 e. The highest BCUT2D eigenvalue weighted by molar-refractivity contribution is 9.09. The number of benzene rings is 1. The highest BCUT2D eigenvalue weighted by atomic mass is 79.9. The number of hydrogen-bond acceptors (Lipinski definition) is 2. The molecule has 0 unspecified atom stereocenters. The molecular formula is C14H22BrNO. The molecule has 1 aromatic rings. The number of rotatable bonds is 9. The molecule has 2 nitrogen and oxygen atoms in total. The molecule has 0 aromatic heterocycles. The Morgan fingerprint density at radius 1 is 1.12 bits per heavy atom. The van der Waals surface area contributed by atoms with E-state index in [1.165, 1.54) is 13.0 Å². The third kappa shape index (κ3) is 6.69. The van der Waals surface area contributed by atoms with Gasteiger partial charge in [0.2, 0.25) is 0 Å². The van der Waals surface area contributed by atoms with Crippen molar-refractivity contribution < 1.29 is 4.74 Å². The Balaban J connectivity index is 2.10. The molecule has 0 heterocycles. The molecule has 0 bridgehead atoms. The van der Waals surface area contributed by atoms with Gasteiger partial charge in [-0.25, -0.2) is 0 Å². The van der Waals surface area contributed by atoms with Crippen LogP contribution in [0, 0.1) is 0 Å². The van der Waals surface area contributed by atoms with Crippen molar-refractivity contribution in [1.82, 2.24) is 4.90 Å². The third-order valence-electron chi connectivity index (χ3n) is 2.69. The Hall–Kier alpha value is -0.540. The van der Waals surface area contributed by atoms with Crippen molar-refractivity contribution in [2.45, 2.75) is 19.8 Å². The predicted octanol–water partition coefficient (Wildman–Crippen LogP) is 3.56. The fourth-order valence-electron chi connectivity index (χ4n) is 1.71. The van der Waals surface area contributed by atoms with Crippen LogP contribution in [-0.2, 0) is 0 Å². The van der Waals surface area contributed by atoms with Crippen LogP contribution in [0.3, 0.4) is 0 Å². The van der Waals surface area contributed by atoms with Crippen molar-refractivity contribution in [3.63, 3.8) is 0 Å². The molecule has 0 fully saturated rings. The lowest BCUT2D eigenvalue weighted by Gasteiger charge is -2.19. The highest BCUT2D eigenvalue weighted by Gasteiger charge is 2.01. The van der Waals surface area contributed by atoms with Gasteiger partial charge in [-0.15, -0.1) is 0 Å². The first-order valence-corrected chi connectivity index (χ1v) is 7.45. The number of ether oxygens (including phenoxy) is 1. The molecule has 0 aliphatic rings. The van der Waals surface area contributed by atoms with Gasteiger partial charge in [-0.1, -0.05) is 41.1 Å². The summed E-state index contributed by atoms with van der Waals surface area (Å²) in [6, 6.07) is 10.0. The van der Waals surface area contributed by atoms with Crippen molar-refractivity contribution in [2.75, 3.05) is 31.6 Å². The summed E-state index contributed by atoms with van der Waals surface area (Å²) in [4.78, 5) is 2.47. The average molecular weight is 300 g/mol. The van der Waals surface area contributed by atoms with Crippen LogP contribution in [0.5, 0.6) is 5.75 Å². The van der Waals surface area contributed by atoms with E-state index >= 15 is 0 Å². The Morgan fingerprint density at radius 3 is 2.47 bits per heavy atom. The predicted molar refractivity (Wildman–Crippen MR) is 77.1 cm³/mol. The van der Waals surface area contributed by atoms with Gasteiger partial charge in [0.15, 0.2) is 0 Å². The van der Waals surface area contributed by atoms with Crippen LogP contribution < -0.4 is 4.74 Å². The van der Waals surface area contributed by atoms with Crippen LogP contribution >= 0.6 is 15.9 Å². The lowest BCUT2D eigenvalue weighted by atomic mass is 10.3. The first-order chi connectivity index (χ1) is 8.36. The van der Waals surface area contributed by atoms with Gasteiger partial charge in [-0.3, -0.25) is 0 Å². The molecule has 0 saturated heterocycles. The first-order valence-electron chi connectivity index (χ1n) is 6.33. The summed E-state index contributed by atoms with van der Waals surface area (Å²) < 4.78 is 5.67. The standard InChI is InChI=1S/C14H22BrNO/c1-2-16(11-6-10-15)12-7-13-17-14-8-4-3-5-9-14/h3-5,8-9H,2,6-7,10-13H2,1H3. The highest BCUT2D eigenvalue weighted by Crippen LogP contribution is 2.08. The smallest absolute Gasteiger partial charge is 0.119 e. The molecule has 1 aromatic carbocycles. The van der Waals surface area contributed by atoms with E-state index < -0.39 is 0 Å². The van der Waals surface area contributed by atoms with Crippen molar-refractivity contribution >= 4 is 15.9 Å². The SMILES string of the molecule is CCN(CCCBr)CCCOc1ccccc1. The zero-order valence-corrected chi connectivity index (χ0v) is 12.2. The van der Waals surface area contributed by atoms with E-state index in [0.717, 1.165) is 37.2 Å². The Bertz CT molecular complexity index is 279.